The van der Waals surface area contributed by atoms with Crippen molar-refractivity contribution in [1.29, 1.82) is 0 Å². The molecule has 1 saturated heterocycles. The SMILES string of the molecule is O=C(CSc1nc2c(c(=O)n1-c1ccccc1)SCC2)N1CCCC1. The molecule has 0 spiro atoms. The number of fused-ring (bicyclic) bond motifs is 1. The second-order valence-electron chi connectivity index (χ2n) is 6.12. The van der Waals surface area contributed by atoms with Gasteiger partial charge in [0.05, 0.1) is 22.0 Å². The van der Waals surface area contributed by atoms with Crippen LogP contribution in [-0.4, -0.2) is 45.0 Å². The number of benzene rings is 1. The lowest BCUT2D eigenvalue weighted by Gasteiger charge is -2.16. The first kappa shape index (κ1) is 16.7. The van der Waals surface area contributed by atoms with Crippen LogP contribution in [0.1, 0.15) is 18.5 Å². The van der Waals surface area contributed by atoms with Gasteiger partial charge >= 0.3 is 0 Å². The number of para-hydroxylation sites is 1. The molecule has 0 atom stereocenters. The van der Waals surface area contributed by atoms with Crippen LogP contribution in [0.2, 0.25) is 0 Å². The fourth-order valence-corrected chi connectivity index (χ4v) is 5.13. The minimum Gasteiger partial charge on any atom is -0.342 e. The van der Waals surface area contributed by atoms with Gasteiger partial charge in [0.1, 0.15) is 0 Å². The van der Waals surface area contributed by atoms with Crippen LogP contribution in [0, 0.1) is 0 Å². The zero-order chi connectivity index (χ0) is 17.2. The maximum absolute atomic E-state index is 13.0. The first-order valence-electron chi connectivity index (χ1n) is 8.49. The highest BCUT2D eigenvalue weighted by molar-refractivity contribution is 8.00. The van der Waals surface area contributed by atoms with Crippen molar-refractivity contribution < 1.29 is 4.79 Å². The monoisotopic (exact) mass is 373 g/mol. The number of rotatable bonds is 4. The van der Waals surface area contributed by atoms with Crippen molar-refractivity contribution >= 4 is 29.4 Å². The van der Waals surface area contributed by atoms with Crippen molar-refractivity contribution in [3.05, 3.63) is 46.4 Å². The number of aryl methyl sites for hydroxylation is 1. The number of likely N-dealkylation sites (tertiary alicyclic amines) is 1. The maximum atomic E-state index is 13.0. The van der Waals surface area contributed by atoms with E-state index in [1.807, 2.05) is 35.2 Å². The van der Waals surface area contributed by atoms with Gasteiger partial charge in [-0.25, -0.2) is 4.98 Å². The minimum atomic E-state index is -0.0187. The van der Waals surface area contributed by atoms with E-state index in [0.29, 0.717) is 10.9 Å². The minimum absolute atomic E-state index is 0.0187. The molecule has 130 valence electrons. The highest BCUT2D eigenvalue weighted by atomic mass is 32.2. The lowest BCUT2D eigenvalue weighted by atomic mass is 10.3. The predicted octanol–water partition coefficient (Wildman–Crippen LogP) is 2.60. The van der Waals surface area contributed by atoms with Crippen molar-refractivity contribution in [2.75, 3.05) is 24.6 Å². The van der Waals surface area contributed by atoms with Crippen LogP contribution in [-0.2, 0) is 11.2 Å². The second kappa shape index (κ2) is 7.25. The maximum Gasteiger partial charge on any atom is 0.272 e. The number of thioether (sulfide) groups is 2. The van der Waals surface area contributed by atoms with Gasteiger partial charge in [0.2, 0.25) is 5.91 Å². The second-order valence-corrected chi connectivity index (χ2v) is 8.17. The van der Waals surface area contributed by atoms with E-state index in [1.165, 1.54) is 11.8 Å². The number of hydrogen-bond donors (Lipinski definition) is 0. The molecule has 1 aromatic heterocycles. The fourth-order valence-electron chi connectivity index (χ4n) is 3.18. The van der Waals surface area contributed by atoms with Crippen molar-refractivity contribution in [1.82, 2.24) is 14.5 Å². The van der Waals surface area contributed by atoms with Crippen LogP contribution >= 0.6 is 23.5 Å². The van der Waals surface area contributed by atoms with Gasteiger partial charge in [-0.3, -0.25) is 14.2 Å². The fraction of sp³-hybridized carbons (Fsp3) is 0.389. The Balaban J connectivity index is 1.67. The zero-order valence-corrected chi connectivity index (χ0v) is 15.4. The summed E-state index contributed by atoms with van der Waals surface area (Å²) in [5.41, 5.74) is 1.65. The molecule has 1 aromatic carbocycles. The summed E-state index contributed by atoms with van der Waals surface area (Å²) < 4.78 is 1.65. The largest absolute Gasteiger partial charge is 0.342 e. The van der Waals surface area contributed by atoms with Gasteiger partial charge in [0, 0.05) is 25.3 Å². The summed E-state index contributed by atoms with van der Waals surface area (Å²) in [5.74, 6) is 1.35. The number of nitrogens with zero attached hydrogens (tertiary/aromatic N) is 3. The first-order chi connectivity index (χ1) is 12.2. The summed E-state index contributed by atoms with van der Waals surface area (Å²) in [4.78, 5) is 32.7. The molecule has 3 heterocycles. The molecule has 1 amide bonds. The molecule has 7 heteroatoms. The number of hydrogen-bond acceptors (Lipinski definition) is 5. The van der Waals surface area contributed by atoms with Gasteiger partial charge in [-0.2, -0.15) is 0 Å². The molecule has 25 heavy (non-hydrogen) atoms. The van der Waals surface area contributed by atoms with Crippen molar-refractivity contribution in [2.24, 2.45) is 0 Å². The van der Waals surface area contributed by atoms with Gasteiger partial charge < -0.3 is 4.90 Å². The number of aromatic nitrogens is 2. The Labute approximate surface area is 154 Å². The summed E-state index contributed by atoms with van der Waals surface area (Å²) in [6.45, 7) is 1.69. The van der Waals surface area contributed by atoms with Crippen LogP contribution in [0.25, 0.3) is 5.69 Å². The lowest BCUT2D eigenvalue weighted by Crippen LogP contribution is -2.30. The molecule has 4 rings (SSSR count). The van der Waals surface area contributed by atoms with Gasteiger partial charge in [-0.05, 0) is 25.0 Å². The van der Waals surface area contributed by atoms with Crippen LogP contribution in [0.3, 0.4) is 0 Å². The molecule has 0 N–H and O–H groups in total. The van der Waals surface area contributed by atoms with Crippen LogP contribution in [0.5, 0.6) is 0 Å². The van der Waals surface area contributed by atoms with E-state index in [9.17, 15) is 9.59 Å². The third kappa shape index (κ3) is 3.35. The van der Waals surface area contributed by atoms with E-state index in [1.54, 1.807) is 16.3 Å². The van der Waals surface area contributed by atoms with E-state index < -0.39 is 0 Å². The van der Waals surface area contributed by atoms with Crippen molar-refractivity contribution in [2.45, 2.75) is 29.3 Å². The molecule has 0 aliphatic carbocycles. The molecule has 1 fully saturated rings. The van der Waals surface area contributed by atoms with E-state index in [2.05, 4.69) is 0 Å². The van der Waals surface area contributed by atoms with Gasteiger partial charge in [0.25, 0.3) is 5.56 Å². The van der Waals surface area contributed by atoms with Gasteiger partial charge in [-0.1, -0.05) is 30.0 Å². The van der Waals surface area contributed by atoms with E-state index in [0.717, 1.165) is 54.4 Å². The standard InChI is InChI=1S/C18H19N3O2S2/c22-15(20-9-4-5-10-20)12-25-18-19-14-8-11-24-16(14)17(23)21(18)13-6-2-1-3-7-13/h1-3,6-7H,4-5,8-12H2. The quantitative estimate of drug-likeness (QED) is 0.609. The Morgan fingerprint density at radius 3 is 2.72 bits per heavy atom. The number of carbonyl (C=O) groups is 1. The van der Waals surface area contributed by atoms with Gasteiger partial charge in [-0.15, -0.1) is 11.8 Å². The molecule has 2 aromatic rings. The van der Waals surface area contributed by atoms with Crippen molar-refractivity contribution in [3.63, 3.8) is 0 Å². The van der Waals surface area contributed by atoms with Crippen LogP contribution in [0.15, 0.2) is 45.2 Å². The van der Waals surface area contributed by atoms with Crippen molar-refractivity contribution in [3.8, 4) is 5.69 Å². The summed E-state index contributed by atoms with van der Waals surface area (Å²) in [5, 5.41) is 0.616. The Morgan fingerprint density at radius 1 is 1.20 bits per heavy atom. The Morgan fingerprint density at radius 2 is 1.96 bits per heavy atom. The predicted molar refractivity (Wildman–Crippen MR) is 101 cm³/mol. The lowest BCUT2D eigenvalue weighted by molar-refractivity contribution is -0.127. The molecule has 0 radical (unpaired) electrons. The summed E-state index contributed by atoms with van der Waals surface area (Å²) in [7, 11) is 0. The van der Waals surface area contributed by atoms with Gasteiger partial charge in [0.15, 0.2) is 5.16 Å². The third-order valence-corrected chi connectivity index (χ3v) is 6.50. The normalized spacial score (nSPS) is 16.2. The average Bonchev–Trinajstić information content (AvgIpc) is 3.32. The number of carbonyl (C=O) groups excluding carboxylic acids is 1. The average molecular weight is 374 g/mol. The highest BCUT2D eigenvalue weighted by Crippen LogP contribution is 2.30. The summed E-state index contributed by atoms with van der Waals surface area (Å²) in [6.07, 6.45) is 2.98. The molecular weight excluding hydrogens is 354 g/mol. The Bertz CT molecular complexity index is 845. The molecule has 0 saturated carbocycles. The van der Waals surface area contributed by atoms with Crippen LogP contribution in [0.4, 0.5) is 0 Å². The first-order valence-corrected chi connectivity index (χ1v) is 10.5. The molecular formula is C18H19N3O2S2. The van der Waals surface area contributed by atoms with Crippen LogP contribution < -0.4 is 5.56 Å². The molecule has 5 nitrogen and oxygen atoms in total. The highest BCUT2D eigenvalue weighted by Gasteiger charge is 2.24. The molecule has 2 aliphatic heterocycles. The summed E-state index contributed by atoms with van der Waals surface area (Å²) in [6, 6.07) is 9.55. The Kier molecular flexibility index (Phi) is 4.85. The molecule has 0 unspecified atom stereocenters. The third-order valence-electron chi connectivity index (χ3n) is 4.46. The zero-order valence-electron chi connectivity index (χ0n) is 13.8. The van der Waals surface area contributed by atoms with E-state index in [4.69, 9.17) is 4.98 Å². The topological polar surface area (TPSA) is 55.2 Å². The number of amides is 1. The Hall–Kier alpha value is -1.73. The summed E-state index contributed by atoms with van der Waals surface area (Å²) >= 11 is 2.94. The molecule has 0 bridgehead atoms. The van der Waals surface area contributed by atoms with E-state index >= 15 is 0 Å². The van der Waals surface area contributed by atoms with E-state index in [-0.39, 0.29) is 11.5 Å². The smallest absolute Gasteiger partial charge is 0.272 e. The molecule has 2 aliphatic rings.